The van der Waals surface area contributed by atoms with E-state index in [1.54, 1.807) is 18.2 Å². The minimum Gasteiger partial charge on any atom is -0.423 e. The highest BCUT2D eigenvalue weighted by Gasteiger charge is 2.03. The van der Waals surface area contributed by atoms with Gasteiger partial charge in [0.25, 0.3) is 0 Å². The van der Waals surface area contributed by atoms with Crippen molar-refractivity contribution in [2.24, 2.45) is 0 Å². The maximum atomic E-state index is 10.9. The standard InChI is InChI=1S/C9H6INO2.BH2P/c10-9-5-1-4-8(12)13-7(5)3-2-6(9)11;1-2/h1-4H,11H2;2H2. The van der Waals surface area contributed by atoms with Gasteiger partial charge in [0, 0.05) is 20.7 Å². The molecule has 2 N–H and O–H groups in total. The van der Waals surface area contributed by atoms with E-state index in [0.717, 1.165) is 8.96 Å². The molecule has 0 fully saturated rings. The summed E-state index contributed by atoms with van der Waals surface area (Å²) in [5, 5.41) is 0.875. The lowest BCUT2D eigenvalue weighted by molar-refractivity contribution is 0.561. The molecule has 76 valence electrons. The molecule has 0 saturated heterocycles. The van der Waals surface area contributed by atoms with Gasteiger partial charge in [-0.15, -0.1) is 0 Å². The zero-order valence-electron chi connectivity index (χ0n) is 7.74. The Bertz CT molecular complexity index is 529. The molecule has 0 aliphatic rings. The average Bonchev–Trinajstić information content (AvgIpc) is 2.26. The van der Waals surface area contributed by atoms with Gasteiger partial charge in [-0.3, -0.25) is 0 Å². The highest BCUT2D eigenvalue weighted by Crippen LogP contribution is 2.24. The average molecular weight is 331 g/mol. The van der Waals surface area contributed by atoms with Crippen molar-refractivity contribution >= 4 is 55.9 Å². The second-order valence-electron chi connectivity index (χ2n) is 2.64. The molecular formula is C9H8BINO2P. The topological polar surface area (TPSA) is 56.2 Å². The second-order valence-corrected chi connectivity index (χ2v) is 3.71. The van der Waals surface area contributed by atoms with E-state index in [-0.39, 0.29) is 5.63 Å². The van der Waals surface area contributed by atoms with E-state index in [4.69, 9.17) is 10.2 Å². The monoisotopic (exact) mass is 331 g/mol. The van der Waals surface area contributed by atoms with E-state index in [1.807, 2.05) is 9.12 Å². The third kappa shape index (κ3) is 2.72. The molecule has 0 bridgehead atoms. The molecule has 0 aliphatic carbocycles. The molecule has 2 rings (SSSR count). The van der Waals surface area contributed by atoms with Crippen LogP contribution in [-0.2, 0) is 0 Å². The van der Waals surface area contributed by atoms with Crippen LogP contribution in [0.1, 0.15) is 0 Å². The summed E-state index contributed by atoms with van der Waals surface area (Å²) in [5.41, 5.74) is 6.63. The maximum Gasteiger partial charge on any atom is 0.336 e. The first-order chi connectivity index (χ1) is 7.18. The van der Waals surface area contributed by atoms with Gasteiger partial charge in [-0.25, -0.2) is 4.79 Å². The van der Waals surface area contributed by atoms with Crippen LogP contribution in [0.4, 0.5) is 5.69 Å². The third-order valence-electron chi connectivity index (χ3n) is 1.77. The van der Waals surface area contributed by atoms with Crippen molar-refractivity contribution in [3.63, 3.8) is 0 Å². The lowest BCUT2D eigenvalue weighted by atomic mass is 10.2. The van der Waals surface area contributed by atoms with Gasteiger partial charge in [-0.2, -0.15) is 9.12 Å². The molecule has 2 aromatic rings. The van der Waals surface area contributed by atoms with Crippen molar-refractivity contribution in [2.75, 3.05) is 5.73 Å². The van der Waals surface area contributed by atoms with Crippen LogP contribution >= 0.6 is 31.7 Å². The Balaban J connectivity index is 0.000000531. The summed E-state index contributed by atoms with van der Waals surface area (Å²) in [7, 11) is 6.33. The van der Waals surface area contributed by atoms with Gasteiger partial charge < -0.3 is 10.2 Å². The normalized spacial score (nSPS) is 9.47. The molecule has 0 amide bonds. The summed E-state index contributed by atoms with van der Waals surface area (Å²) in [5.74, 6) is 0. The number of benzene rings is 1. The van der Waals surface area contributed by atoms with Gasteiger partial charge in [-0.05, 0) is 40.8 Å². The first-order valence-corrected chi connectivity index (χ1v) is 5.74. The zero-order chi connectivity index (χ0) is 11.4. The van der Waals surface area contributed by atoms with Crippen LogP contribution in [0.5, 0.6) is 0 Å². The van der Waals surface area contributed by atoms with Gasteiger partial charge in [0.05, 0.1) is 7.57 Å². The van der Waals surface area contributed by atoms with Crippen LogP contribution < -0.4 is 11.4 Å². The van der Waals surface area contributed by atoms with Crippen molar-refractivity contribution in [3.8, 4) is 0 Å². The third-order valence-corrected chi connectivity index (χ3v) is 2.97. The van der Waals surface area contributed by atoms with Crippen molar-refractivity contribution in [1.29, 1.82) is 0 Å². The molecule has 3 nitrogen and oxygen atoms in total. The first kappa shape index (κ1) is 12.5. The highest BCUT2D eigenvalue weighted by molar-refractivity contribution is 14.1. The number of nitrogens with two attached hydrogens (primary N) is 1. The minimum atomic E-state index is -0.340. The molecule has 0 saturated carbocycles. The molecule has 1 aromatic heterocycles. The minimum absolute atomic E-state index is 0.340. The Morgan fingerprint density at radius 3 is 2.60 bits per heavy atom. The molecule has 15 heavy (non-hydrogen) atoms. The number of hydrogen-bond donors (Lipinski definition) is 1. The predicted octanol–water partition coefficient (Wildman–Crippen LogP) is 1.92. The summed E-state index contributed by atoms with van der Waals surface area (Å²) in [6, 6.07) is 6.55. The van der Waals surface area contributed by atoms with Crippen LogP contribution in [0.2, 0.25) is 0 Å². The van der Waals surface area contributed by atoms with Crippen molar-refractivity contribution in [3.05, 3.63) is 38.3 Å². The molecular weight excluding hydrogens is 323 g/mol. The van der Waals surface area contributed by atoms with Crippen LogP contribution in [0.25, 0.3) is 11.0 Å². The number of nitrogen functional groups attached to an aromatic ring is 1. The van der Waals surface area contributed by atoms with Crippen LogP contribution in [0, 0.1) is 3.57 Å². The molecule has 1 unspecified atom stereocenters. The number of hydrogen-bond acceptors (Lipinski definition) is 3. The molecule has 0 spiro atoms. The smallest absolute Gasteiger partial charge is 0.336 e. The summed E-state index contributed by atoms with van der Waals surface area (Å²) in [4.78, 5) is 10.9. The zero-order valence-corrected chi connectivity index (χ0v) is 11.0. The maximum absolute atomic E-state index is 10.9. The van der Waals surface area contributed by atoms with E-state index < -0.39 is 0 Å². The predicted molar refractivity (Wildman–Crippen MR) is 75.1 cm³/mol. The number of rotatable bonds is 0. The first-order valence-electron chi connectivity index (χ1n) is 3.99. The molecule has 6 heteroatoms. The van der Waals surface area contributed by atoms with Gasteiger partial charge in [0.2, 0.25) is 0 Å². The summed E-state index contributed by atoms with van der Waals surface area (Å²) in [6.07, 6.45) is 0. The van der Waals surface area contributed by atoms with Gasteiger partial charge in [-0.1, -0.05) is 0 Å². The number of fused-ring (bicyclic) bond motifs is 1. The Hall–Kier alpha value is -0.545. The summed E-state index contributed by atoms with van der Waals surface area (Å²) >= 11 is 2.13. The molecule has 2 radical (unpaired) electrons. The Kier molecular flexibility index (Phi) is 4.60. The van der Waals surface area contributed by atoms with E-state index in [1.165, 1.54) is 6.07 Å². The van der Waals surface area contributed by atoms with Crippen molar-refractivity contribution in [1.82, 2.24) is 0 Å². The van der Waals surface area contributed by atoms with Crippen LogP contribution in [-0.4, -0.2) is 7.57 Å². The Labute approximate surface area is 104 Å². The lowest BCUT2D eigenvalue weighted by Crippen LogP contribution is -1.96. The summed E-state index contributed by atoms with van der Waals surface area (Å²) in [6.45, 7) is 0. The van der Waals surface area contributed by atoms with E-state index in [2.05, 4.69) is 30.2 Å². The molecule has 0 aliphatic heterocycles. The van der Waals surface area contributed by atoms with Gasteiger partial charge in [0.1, 0.15) is 5.58 Å². The fourth-order valence-corrected chi connectivity index (χ4v) is 1.76. The fraction of sp³-hybridized carbons (Fsp3) is 0. The lowest BCUT2D eigenvalue weighted by Gasteiger charge is -2.01. The van der Waals surface area contributed by atoms with E-state index >= 15 is 0 Å². The Morgan fingerprint density at radius 2 is 1.93 bits per heavy atom. The van der Waals surface area contributed by atoms with Crippen LogP contribution in [0.15, 0.2) is 33.5 Å². The highest BCUT2D eigenvalue weighted by atomic mass is 127. The quantitative estimate of drug-likeness (QED) is 0.264. The molecule has 1 atom stereocenters. The Morgan fingerprint density at radius 1 is 1.27 bits per heavy atom. The fourth-order valence-electron chi connectivity index (χ4n) is 1.13. The van der Waals surface area contributed by atoms with Crippen molar-refractivity contribution < 1.29 is 4.42 Å². The number of halogens is 1. The SMILES string of the molecule is Nc1ccc2oc(=O)ccc2c1I.[B]P. The largest absolute Gasteiger partial charge is 0.423 e. The van der Waals surface area contributed by atoms with Crippen molar-refractivity contribution in [2.45, 2.75) is 0 Å². The molecule has 1 aromatic carbocycles. The van der Waals surface area contributed by atoms with E-state index in [9.17, 15) is 4.79 Å². The van der Waals surface area contributed by atoms with E-state index in [0.29, 0.717) is 11.3 Å². The summed E-state index contributed by atoms with van der Waals surface area (Å²) < 4.78 is 5.90. The second kappa shape index (κ2) is 5.51. The number of anilines is 1. The van der Waals surface area contributed by atoms with Gasteiger partial charge >= 0.3 is 5.63 Å². The molecule has 1 heterocycles. The van der Waals surface area contributed by atoms with Gasteiger partial charge in [0.15, 0.2) is 0 Å². The van der Waals surface area contributed by atoms with Crippen LogP contribution in [0.3, 0.4) is 0 Å².